The highest BCUT2D eigenvalue weighted by atomic mass is 19.1. The Morgan fingerprint density at radius 1 is 1.19 bits per heavy atom. The average molecular weight is 487 g/mol. The molecule has 7 rings (SSSR count). The molecule has 2 saturated heterocycles. The topological polar surface area (TPSA) is 96.8 Å². The van der Waals surface area contributed by atoms with E-state index in [0.717, 1.165) is 42.2 Å². The normalized spacial score (nSPS) is 22.1. The SMILES string of the molecule is O=C1NCc2c(C3=[n+]4ccc(F)cc4=NC3)ccc(Nc3ccc(N4CCO[C@H]5CNC[C@H]54)cn3)c21. The lowest BCUT2D eigenvalue weighted by Crippen LogP contribution is -2.51. The second-order valence-electron chi connectivity index (χ2n) is 9.39. The number of ether oxygens (including phenoxy) is 1. The third-order valence-electron chi connectivity index (χ3n) is 7.39. The minimum Gasteiger partial charge on any atom is -0.373 e. The van der Waals surface area contributed by atoms with Crippen LogP contribution in [-0.4, -0.2) is 55.8 Å². The summed E-state index contributed by atoms with van der Waals surface area (Å²) in [5.41, 5.74) is 5.72. The summed E-state index contributed by atoms with van der Waals surface area (Å²) in [5, 5.41) is 9.69. The minimum atomic E-state index is -0.320. The molecule has 3 N–H and O–H groups in total. The number of aromatic nitrogens is 2. The molecule has 4 aliphatic rings. The molecule has 2 fully saturated rings. The number of rotatable bonds is 4. The van der Waals surface area contributed by atoms with Crippen LogP contribution >= 0.6 is 0 Å². The van der Waals surface area contributed by atoms with E-state index >= 15 is 0 Å². The van der Waals surface area contributed by atoms with Crippen molar-refractivity contribution in [3.05, 3.63) is 82.5 Å². The fourth-order valence-electron chi connectivity index (χ4n) is 5.66. The van der Waals surface area contributed by atoms with Crippen molar-refractivity contribution >= 4 is 23.1 Å². The molecule has 2 atom stereocenters. The van der Waals surface area contributed by atoms with Crippen LogP contribution in [0, 0.1) is 11.5 Å². The van der Waals surface area contributed by atoms with Crippen molar-refractivity contribution < 1.29 is 18.2 Å². The predicted molar refractivity (Wildman–Crippen MR) is 129 cm³/mol. The van der Waals surface area contributed by atoms with Crippen molar-refractivity contribution in [2.24, 2.45) is 4.99 Å². The molecule has 0 unspecified atom stereocenters. The smallest absolute Gasteiger partial charge is 0.325 e. The van der Waals surface area contributed by atoms with Gasteiger partial charge < -0.3 is 25.6 Å². The van der Waals surface area contributed by atoms with Gasteiger partial charge in [0, 0.05) is 37.8 Å². The molecular formula is C26H25FN7O2+. The zero-order valence-corrected chi connectivity index (χ0v) is 19.5. The van der Waals surface area contributed by atoms with Gasteiger partial charge in [0.2, 0.25) is 0 Å². The lowest BCUT2D eigenvalue weighted by Gasteiger charge is -2.38. The van der Waals surface area contributed by atoms with Crippen LogP contribution < -0.4 is 30.6 Å². The highest BCUT2D eigenvalue weighted by molar-refractivity contribution is 6.04. The number of halogens is 1. The minimum absolute atomic E-state index is 0.126. The number of carbonyl (C=O) groups excluding carboxylic acids is 1. The monoisotopic (exact) mass is 486 g/mol. The van der Waals surface area contributed by atoms with E-state index in [1.807, 2.05) is 28.6 Å². The van der Waals surface area contributed by atoms with Crippen molar-refractivity contribution in [1.29, 1.82) is 0 Å². The van der Waals surface area contributed by atoms with Gasteiger partial charge in [0.15, 0.2) is 12.3 Å². The maximum absolute atomic E-state index is 13.6. The maximum atomic E-state index is 13.6. The van der Waals surface area contributed by atoms with E-state index in [0.29, 0.717) is 48.3 Å². The summed E-state index contributed by atoms with van der Waals surface area (Å²) in [6, 6.07) is 11.1. The number of pyridine rings is 2. The van der Waals surface area contributed by atoms with Gasteiger partial charge in [-0.1, -0.05) is 4.99 Å². The molecule has 3 aromatic rings. The van der Waals surface area contributed by atoms with Crippen LogP contribution in [0.1, 0.15) is 21.5 Å². The highest BCUT2D eigenvalue weighted by Crippen LogP contribution is 2.32. The summed E-state index contributed by atoms with van der Waals surface area (Å²) in [6.45, 7) is 4.19. The lowest BCUT2D eigenvalue weighted by molar-refractivity contribution is -0.532. The second kappa shape index (κ2) is 8.35. The first-order chi connectivity index (χ1) is 17.7. The largest absolute Gasteiger partial charge is 0.373 e. The number of amides is 1. The number of nitrogens with zero attached hydrogens (tertiary/aromatic N) is 4. The molecule has 1 aromatic carbocycles. The second-order valence-corrected chi connectivity index (χ2v) is 9.39. The van der Waals surface area contributed by atoms with Crippen molar-refractivity contribution in [3.63, 3.8) is 0 Å². The van der Waals surface area contributed by atoms with Crippen molar-refractivity contribution in [2.75, 3.05) is 43.0 Å². The third-order valence-corrected chi connectivity index (χ3v) is 7.39. The van der Waals surface area contributed by atoms with E-state index in [9.17, 15) is 9.18 Å². The quantitative estimate of drug-likeness (QED) is 0.471. The van der Waals surface area contributed by atoms with Crippen LogP contribution in [0.25, 0.3) is 0 Å². The Balaban J connectivity index is 1.20. The number of morpholine rings is 1. The molecule has 0 saturated carbocycles. The molecule has 0 spiro atoms. The van der Waals surface area contributed by atoms with Gasteiger partial charge in [-0.3, -0.25) is 4.79 Å². The molecule has 182 valence electrons. The molecule has 10 heteroatoms. The van der Waals surface area contributed by atoms with E-state index in [-0.39, 0.29) is 17.8 Å². The number of carbonyl (C=O) groups is 1. The number of hydrogen-bond acceptors (Lipinski definition) is 7. The van der Waals surface area contributed by atoms with Crippen molar-refractivity contribution in [2.45, 2.75) is 18.7 Å². The summed E-state index contributed by atoms with van der Waals surface area (Å²) in [6.07, 6.45) is 3.77. The molecule has 6 heterocycles. The fourth-order valence-corrected chi connectivity index (χ4v) is 5.66. The van der Waals surface area contributed by atoms with Gasteiger partial charge in [-0.15, -0.1) is 0 Å². The molecule has 36 heavy (non-hydrogen) atoms. The van der Waals surface area contributed by atoms with E-state index in [1.54, 1.807) is 6.20 Å². The van der Waals surface area contributed by atoms with Gasteiger partial charge in [0.25, 0.3) is 5.91 Å². The van der Waals surface area contributed by atoms with E-state index in [2.05, 4.69) is 36.9 Å². The summed E-state index contributed by atoms with van der Waals surface area (Å²) in [7, 11) is 0. The van der Waals surface area contributed by atoms with Crippen molar-refractivity contribution in [3.8, 4) is 0 Å². The molecule has 2 aromatic heterocycles. The Kier molecular flexibility index (Phi) is 4.96. The molecule has 4 aliphatic heterocycles. The Morgan fingerprint density at radius 3 is 3.03 bits per heavy atom. The summed E-state index contributed by atoms with van der Waals surface area (Å²) < 4.78 is 21.4. The Hall–Kier alpha value is -3.89. The summed E-state index contributed by atoms with van der Waals surface area (Å²) in [4.78, 5) is 24.3. The zero-order chi connectivity index (χ0) is 24.2. The first-order valence-electron chi connectivity index (χ1n) is 12.2. The Labute approximate surface area is 206 Å². The number of fused-ring (bicyclic) bond motifs is 3. The van der Waals surface area contributed by atoms with Gasteiger partial charge >= 0.3 is 5.49 Å². The average Bonchev–Trinajstić information content (AvgIpc) is 3.63. The van der Waals surface area contributed by atoms with E-state index in [1.165, 1.54) is 12.1 Å². The van der Waals surface area contributed by atoms with Crippen LogP contribution in [0.15, 0.2) is 53.8 Å². The van der Waals surface area contributed by atoms with E-state index < -0.39 is 0 Å². The molecule has 0 radical (unpaired) electrons. The summed E-state index contributed by atoms with van der Waals surface area (Å²) in [5.74, 6) is 0.222. The van der Waals surface area contributed by atoms with Crippen LogP contribution in [0.3, 0.4) is 0 Å². The molecular weight excluding hydrogens is 461 g/mol. The molecule has 0 aliphatic carbocycles. The number of hydrogen-bond donors (Lipinski definition) is 3. The zero-order valence-electron chi connectivity index (χ0n) is 19.5. The van der Waals surface area contributed by atoms with E-state index in [4.69, 9.17) is 4.74 Å². The van der Waals surface area contributed by atoms with Crippen LogP contribution in [0.4, 0.5) is 21.6 Å². The highest BCUT2D eigenvalue weighted by Gasteiger charge is 2.36. The first-order valence-corrected chi connectivity index (χ1v) is 12.2. The number of anilines is 3. The van der Waals surface area contributed by atoms with Crippen LogP contribution in [0.2, 0.25) is 0 Å². The third kappa shape index (κ3) is 3.44. The maximum Gasteiger partial charge on any atom is 0.325 e. The number of nitrogens with one attached hydrogen (secondary N) is 3. The molecule has 9 nitrogen and oxygen atoms in total. The van der Waals surface area contributed by atoms with Gasteiger partial charge in [0.1, 0.15) is 11.6 Å². The van der Waals surface area contributed by atoms with Gasteiger partial charge in [0.05, 0.1) is 54.2 Å². The first kappa shape index (κ1) is 21.4. The Bertz CT molecular complexity index is 1510. The number of benzene rings is 1. The lowest BCUT2D eigenvalue weighted by atomic mass is 9.97. The fraction of sp³-hybridized carbons (Fsp3) is 0.308. The van der Waals surface area contributed by atoms with Gasteiger partial charge in [-0.2, -0.15) is 4.24 Å². The van der Waals surface area contributed by atoms with Crippen LogP contribution in [0.5, 0.6) is 0 Å². The molecule has 0 bridgehead atoms. The summed E-state index contributed by atoms with van der Waals surface area (Å²) >= 11 is 0. The Morgan fingerprint density at radius 2 is 2.14 bits per heavy atom. The molecule has 1 amide bonds. The van der Waals surface area contributed by atoms with Gasteiger partial charge in [-0.25, -0.2) is 9.37 Å². The predicted octanol–water partition coefficient (Wildman–Crippen LogP) is 0.734. The van der Waals surface area contributed by atoms with Crippen molar-refractivity contribution in [1.82, 2.24) is 15.6 Å². The standard InChI is InChI=1S/C26H24FN7O2/c27-15-5-6-34-20(13-30-24(34)9-15)17-2-3-19(25-18(17)11-31-26(25)35)32-23-4-1-16(10-29-23)33-7-8-36-22-14-28-12-21(22)33/h1-6,9-10,21-22,28H,7-8,11-14H2,(H,31,35)/p+1/t21-,22+/m1/s1. The van der Waals surface area contributed by atoms with Gasteiger partial charge in [-0.05, 0) is 29.8 Å². The van der Waals surface area contributed by atoms with Crippen LogP contribution in [-0.2, 0) is 11.3 Å².